The minimum Gasteiger partial charge on any atom is -0.428 e. The summed E-state index contributed by atoms with van der Waals surface area (Å²) in [6, 6.07) is 0. The van der Waals surface area contributed by atoms with Crippen molar-refractivity contribution in [3.05, 3.63) is 12.2 Å². The molecule has 0 spiro atoms. The second kappa shape index (κ2) is 19.4. The van der Waals surface area contributed by atoms with Crippen molar-refractivity contribution < 1.29 is 19.1 Å². The summed E-state index contributed by atoms with van der Waals surface area (Å²) >= 11 is 0. The Bertz CT molecular complexity index is 388. The number of carbonyl (C=O) groups excluding carboxylic acids is 2. The van der Waals surface area contributed by atoms with Crippen molar-refractivity contribution in [1.82, 2.24) is 0 Å². The van der Waals surface area contributed by atoms with E-state index in [2.05, 4.69) is 19.1 Å². The standard InChI is InChI=1S/C23H42O4/c1-4-5-6-7-8-9-10-11-12-13-14-15-16-17-18-19-22(24)26-20-27-23(25)21(2)3/h11-12,21H,4-10,13-20H2,1-3H3/b12-11-. The minimum absolute atomic E-state index is 0.200. The lowest BCUT2D eigenvalue weighted by atomic mass is 10.1. The second-order valence-electron chi connectivity index (χ2n) is 7.59. The van der Waals surface area contributed by atoms with E-state index in [0.29, 0.717) is 6.42 Å². The van der Waals surface area contributed by atoms with Crippen molar-refractivity contribution >= 4 is 11.9 Å². The maximum Gasteiger partial charge on any atom is 0.311 e. The molecule has 0 bridgehead atoms. The van der Waals surface area contributed by atoms with E-state index in [9.17, 15) is 9.59 Å². The van der Waals surface area contributed by atoms with Crippen LogP contribution in [0.2, 0.25) is 0 Å². The van der Waals surface area contributed by atoms with Gasteiger partial charge in [0.15, 0.2) is 0 Å². The molecule has 4 heteroatoms. The zero-order valence-corrected chi connectivity index (χ0v) is 18.0. The zero-order valence-electron chi connectivity index (χ0n) is 18.0. The van der Waals surface area contributed by atoms with Gasteiger partial charge in [0.1, 0.15) is 0 Å². The number of hydrogen-bond acceptors (Lipinski definition) is 4. The van der Waals surface area contributed by atoms with Crippen molar-refractivity contribution in [1.29, 1.82) is 0 Å². The van der Waals surface area contributed by atoms with Gasteiger partial charge in [0.2, 0.25) is 6.79 Å². The Labute approximate surface area is 167 Å². The first-order valence-electron chi connectivity index (χ1n) is 11.0. The Morgan fingerprint density at radius 3 is 1.81 bits per heavy atom. The number of ether oxygens (including phenoxy) is 2. The molecule has 0 fully saturated rings. The van der Waals surface area contributed by atoms with Crippen LogP contribution in [-0.2, 0) is 19.1 Å². The molecule has 0 rings (SSSR count). The summed E-state index contributed by atoms with van der Waals surface area (Å²) in [5.41, 5.74) is 0. The van der Waals surface area contributed by atoms with Crippen molar-refractivity contribution in [2.45, 2.75) is 111 Å². The van der Waals surface area contributed by atoms with Gasteiger partial charge in [-0.2, -0.15) is 0 Å². The Hall–Kier alpha value is -1.32. The second-order valence-corrected chi connectivity index (χ2v) is 7.59. The molecule has 0 atom stereocenters. The Morgan fingerprint density at radius 1 is 0.741 bits per heavy atom. The number of rotatable bonds is 18. The normalized spacial score (nSPS) is 11.3. The van der Waals surface area contributed by atoms with Crippen LogP contribution >= 0.6 is 0 Å². The van der Waals surface area contributed by atoms with E-state index in [1.807, 2.05) is 0 Å². The summed E-state index contributed by atoms with van der Waals surface area (Å²) in [5.74, 6) is -0.831. The molecule has 0 N–H and O–H groups in total. The van der Waals surface area contributed by atoms with Gasteiger partial charge in [-0.3, -0.25) is 9.59 Å². The fourth-order valence-electron chi connectivity index (χ4n) is 2.73. The van der Waals surface area contributed by atoms with Crippen LogP contribution in [0.15, 0.2) is 12.2 Å². The van der Waals surface area contributed by atoms with Crippen molar-refractivity contribution in [2.75, 3.05) is 6.79 Å². The fourth-order valence-corrected chi connectivity index (χ4v) is 2.73. The summed E-state index contributed by atoms with van der Waals surface area (Å²) in [5, 5.41) is 0. The van der Waals surface area contributed by atoms with E-state index in [0.717, 1.165) is 19.3 Å². The highest BCUT2D eigenvalue weighted by molar-refractivity contribution is 5.72. The van der Waals surface area contributed by atoms with Gasteiger partial charge in [-0.05, 0) is 32.1 Å². The average molecular weight is 383 g/mol. The van der Waals surface area contributed by atoms with Crippen molar-refractivity contribution in [3.8, 4) is 0 Å². The van der Waals surface area contributed by atoms with Gasteiger partial charge in [0.05, 0.1) is 5.92 Å². The summed E-state index contributed by atoms with van der Waals surface area (Å²) in [7, 11) is 0. The maximum atomic E-state index is 11.5. The van der Waals surface area contributed by atoms with Crippen LogP contribution in [0, 0.1) is 5.92 Å². The van der Waals surface area contributed by atoms with Crippen LogP contribution in [0.4, 0.5) is 0 Å². The van der Waals surface area contributed by atoms with Gasteiger partial charge in [-0.25, -0.2) is 0 Å². The Morgan fingerprint density at radius 2 is 1.26 bits per heavy atom. The minimum atomic E-state index is -0.344. The SMILES string of the molecule is CCCCCCCC/C=C\CCCCCCCC(=O)OCOC(=O)C(C)C. The van der Waals surface area contributed by atoms with E-state index in [1.165, 1.54) is 64.2 Å². The van der Waals surface area contributed by atoms with Gasteiger partial charge >= 0.3 is 11.9 Å². The molecule has 4 nitrogen and oxygen atoms in total. The summed E-state index contributed by atoms with van der Waals surface area (Å²) < 4.78 is 9.71. The molecular weight excluding hydrogens is 340 g/mol. The monoisotopic (exact) mass is 382 g/mol. The first-order valence-corrected chi connectivity index (χ1v) is 11.0. The molecule has 0 heterocycles. The van der Waals surface area contributed by atoms with Crippen LogP contribution in [0.1, 0.15) is 111 Å². The summed E-state index contributed by atoms with van der Waals surface area (Å²) in [6.45, 7) is 5.48. The van der Waals surface area contributed by atoms with E-state index < -0.39 is 0 Å². The maximum absolute atomic E-state index is 11.5. The lowest BCUT2D eigenvalue weighted by Crippen LogP contribution is -2.16. The van der Waals surface area contributed by atoms with Crippen LogP contribution in [0.3, 0.4) is 0 Å². The molecule has 0 radical (unpaired) electrons. The molecule has 0 aliphatic rings. The predicted octanol–water partition coefficient (Wildman–Crippen LogP) is 6.72. The fraction of sp³-hybridized carbons (Fsp3) is 0.826. The number of unbranched alkanes of at least 4 members (excludes halogenated alkanes) is 11. The number of allylic oxidation sites excluding steroid dienone is 2. The van der Waals surface area contributed by atoms with Crippen LogP contribution < -0.4 is 0 Å². The first-order chi connectivity index (χ1) is 13.1. The number of hydrogen-bond donors (Lipinski definition) is 0. The highest BCUT2D eigenvalue weighted by Gasteiger charge is 2.09. The van der Waals surface area contributed by atoms with Gasteiger partial charge < -0.3 is 9.47 Å². The Kier molecular flexibility index (Phi) is 18.5. The molecule has 158 valence electrons. The van der Waals surface area contributed by atoms with E-state index in [1.54, 1.807) is 13.8 Å². The van der Waals surface area contributed by atoms with Crippen LogP contribution in [-0.4, -0.2) is 18.7 Å². The van der Waals surface area contributed by atoms with Gasteiger partial charge in [0, 0.05) is 6.42 Å². The molecular formula is C23H42O4. The molecule has 0 aliphatic carbocycles. The number of esters is 2. The summed E-state index contributed by atoms with van der Waals surface area (Å²) in [4.78, 5) is 22.7. The van der Waals surface area contributed by atoms with E-state index >= 15 is 0 Å². The third kappa shape index (κ3) is 19.3. The third-order valence-electron chi connectivity index (χ3n) is 4.54. The predicted molar refractivity (Wildman–Crippen MR) is 111 cm³/mol. The Balaban J connectivity index is 3.29. The quantitative estimate of drug-likeness (QED) is 0.114. The van der Waals surface area contributed by atoms with Gasteiger partial charge in [0.25, 0.3) is 0 Å². The average Bonchev–Trinajstić information content (AvgIpc) is 2.64. The van der Waals surface area contributed by atoms with Crippen molar-refractivity contribution in [3.63, 3.8) is 0 Å². The van der Waals surface area contributed by atoms with E-state index in [4.69, 9.17) is 9.47 Å². The van der Waals surface area contributed by atoms with Crippen LogP contribution in [0.25, 0.3) is 0 Å². The lowest BCUT2D eigenvalue weighted by Gasteiger charge is -2.07. The van der Waals surface area contributed by atoms with Gasteiger partial charge in [-0.1, -0.05) is 84.3 Å². The van der Waals surface area contributed by atoms with E-state index in [-0.39, 0.29) is 24.6 Å². The molecule has 0 unspecified atom stereocenters. The molecule has 0 saturated carbocycles. The van der Waals surface area contributed by atoms with Crippen LogP contribution in [0.5, 0.6) is 0 Å². The lowest BCUT2D eigenvalue weighted by molar-refractivity contribution is -0.169. The smallest absolute Gasteiger partial charge is 0.311 e. The zero-order chi connectivity index (χ0) is 20.2. The molecule has 0 aromatic carbocycles. The molecule has 0 amide bonds. The molecule has 27 heavy (non-hydrogen) atoms. The third-order valence-corrected chi connectivity index (χ3v) is 4.54. The highest BCUT2D eigenvalue weighted by Crippen LogP contribution is 2.10. The molecule has 0 aliphatic heterocycles. The highest BCUT2D eigenvalue weighted by atomic mass is 16.7. The van der Waals surface area contributed by atoms with Gasteiger partial charge in [-0.15, -0.1) is 0 Å². The number of carbonyl (C=O) groups is 2. The largest absolute Gasteiger partial charge is 0.428 e. The summed E-state index contributed by atoms with van der Waals surface area (Å²) in [6.07, 6.45) is 21.1. The molecule has 0 aromatic heterocycles. The molecule has 0 saturated heterocycles. The molecule has 0 aromatic rings. The topological polar surface area (TPSA) is 52.6 Å². The first kappa shape index (κ1) is 25.7. The van der Waals surface area contributed by atoms with Crippen molar-refractivity contribution in [2.24, 2.45) is 5.92 Å².